The highest BCUT2D eigenvalue weighted by atomic mass is 16.4. The predicted octanol–water partition coefficient (Wildman–Crippen LogP) is 1.94. The number of nitrogens with one attached hydrogen (secondary N) is 1. The number of benzene rings is 1. The summed E-state index contributed by atoms with van der Waals surface area (Å²) in [6, 6.07) is 12.2. The lowest BCUT2D eigenvalue weighted by Gasteiger charge is -2.32. The molecule has 0 aromatic heterocycles. The van der Waals surface area contributed by atoms with Crippen LogP contribution < -0.4 is 5.32 Å². The van der Waals surface area contributed by atoms with Gasteiger partial charge in [-0.2, -0.15) is 5.26 Å². The third-order valence-corrected chi connectivity index (χ3v) is 4.35. The van der Waals surface area contributed by atoms with E-state index in [1.165, 1.54) is 11.8 Å². The van der Waals surface area contributed by atoms with Gasteiger partial charge in [0.05, 0.1) is 6.42 Å². The van der Waals surface area contributed by atoms with Crippen molar-refractivity contribution < 1.29 is 14.7 Å². The Kier molecular flexibility index (Phi) is 7.02. The fraction of sp³-hybridized carbons (Fsp3) is 0.421. The molecule has 1 heterocycles. The van der Waals surface area contributed by atoms with Crippen LogP contribution in [0.4, 0.5) is 0 Å². The van der Waals surface area contributed by atoms with Gasteiger partial charge in [0.2, 0.25) is 0 Å². The van der Waals surface area contributed by atoms with Gasteiger partial charge < -0.3 is 15.3 Å². The van der Waals surface area contributed by atoms with Crippen molar-refractivity contribution in [2.45, 2.75) is 25.7 Å². The molecule has 0 atom stereocenters. The van der Waals surface area contributed by atoms with Gasteiger partial charge >= 0.3 is 5.97 Å². The van der Waals surface area contributed by atoms with Gasteiger partial charge in [-0.25, -0.2) is 0 Å². The molecule has 1 amide bonds. The summed E-state index contributed by atoms with van der Waals surface area (Å²) in [5.74, 6) is -0.663. The normalized spacial score (nSPS) is 15.5. The van der Waals surface area contributed by atoms with E-state index in [-0.39, 0.29) is 24.4 Å². The molecule has 0 bridgehead atoms. The molecule has 1 aromatic carbocycles. The minimum absolute atomic E-state index is 0.0203. The van der Waals surface area contributed by atoms with Crippen LogP contribution in [0.25, 0.3) is 0 Å². The summed E-state index contributed by atoms with van der Waals surface area (Å²) >= 11 is 0. The molecule has 6 heteroatoms. The van der Waals surface area contributed by atoms with Crippen molar-refractivity contribution in [3.8, 4) is 6.07 Å². The number of nitrogens with zero attached hydrogens (tertiary/aromatic N) is 2. The summed E-state index contributed by atoms with van der Waals surface area (Å²) in [6.45, 7) is 1.47. The van der Waals surface area contributed by atoms with E-state index >= 15 is 0 Å². The van der Waals surface area contributed by atoms with Crippen molar-refractivity contribution >= 4 is 11.9 Å². The number of carboxylic acid groups (broad SMARTS) is 1. The van der Waals surface area contributed by atoms with E-state index < -0.39 is 5.97 Å². The summed E-state index contributed by atoms with van der Waals surface area (Å²) in [5, 5.41) is 20.5. The molecule has 6 nitrogen and oxygen atoms in total. The number of carboxylic acids is 1. The van der Waals surface area contributed by atoms with Crippen LogP contribution >= 0.6 is 0 Å². The maximum absolute atomic E-state index is 12.4. The van der Waals surface area contributed by atoms with Crippen LogP contribution in [0.5, 0.6) is 0 Å². The van der Waals surface area contributed by atoms with Gasteiger partial charge in [-0.3, -0.25) is 9.59 Å². The number of piperidine rings is 1. The first-order valence-electron chi connectivity index (χ1n) is 8.48. The lowest BCUT2D eigenvalue weighted by molar-refractivity contribution is -0.136. The second-order valence-electron chi connectivity index (χ2n) is 6.19. The molecule has 2 rings (SSSR count). The van der Waals surface area contributed by atoms with Gasteiger partial charge in [0, 0.05) is 25.8 Å². The Morgan fingerprint density at radius 1 is 1.28 bits per heavy atom. The molecule has 1 aliphatic heterocycles. The van der Waals surface area contributed by atoms with E-state index in [0.29, 0.717) is 19.0 Å². The number of hydrogen-bond acceptors (Lipinski definition) is 4. The van der Waals surface area contributed by atoms with Crippen molar-refractivity contribution in [3.05, 3.63) is 47.7 Å². The monoisotopic (exact) mass is 341 g/mol. The van der Waals surface area contributed by atoms with E-state index in [2.05, 4.69) is 17.4 Å². The lowest BCUT2D eigenvalue weighted by Crippen LogP contribution is -2.39. The Balaban J connectivity index is 1.82. The van der Waals surface area contributed by atoms with Gasteiger partial charge in [-0.05, 0) is 30.7 Å². The third-order valence-electron chi connectivity index (χ3n) is 4.35. The first kappa shape index (κ1) is 18.5. The minimum atomic E-state index is -0.925. The lowest BCUT2D eigenvalue weighted by atomic mass is 9.90. The Hall–Kier alpha value is -2.81. The van der Waals surface area contributed by atoms with Crippen LogP contribution in [0.15, 0.2) is 42.1 Å². The average Bonchev–Trinajstić information content (AvgIpc) is 2.62. The van der Waals surface area contributed by atoms with Crippen molar-refractivity contribution in [1.29, 1.82) is 5.26 Å². The van der Waals surface area contributed by atoms with Crippen molar-refractivity contribution in [1.82, 2.24) is 10.2 Å². The zero-order valence-electron chi connectivity index (χ0n) is 14.1. The Labute approximate surface area is 147 Å². The van der Waals surface area contributed by atoms with Crippen molar-refractivity contribution in [3.63, 3.8) is 0 Å². The molecule has 132 valence electrons. The fourth-order valence-electron chi connectivity index (χ4n) is 2.95. The molecule has 0 aliphatic carbocycles. The standard InChI is InChI=1S/C19H23N3O3/c20-13-17(14-21-9-6-18(23)24)19(25)22-10-7-16(8-11-22)12-15-4-2-1-3-5-15/h1-5,14,16,21H,6-12H2,(H,23,24)/b17-14-. The van der Waals surface area contributed by atoms with Crippen LogP contribution in [0.2, 0.25) is 0 Å². The number of carbonyl (C=O) groups excluding carboxylic acids is 1. The Morgan fingerprint density at radius 3 is 2.56 bits per heavy atom. The molecule has 1 aliphatic rings. The highest BCUT2D eigenvalue weighted by molar-refractivity contribution is 5.97. The summed E-state index contributed by atoms with van der Waals surface area (Å²) in [6.07, 6.45) is 4.12. The van der Waals surface area contributed by atoms with Crippen LogP contribution in [0.3, 0.4) is 0 Å². The molecular formula is C19H23N3O3. The number of hydrogen-bond donors (Lipinski definition) is 2. The molecule has 1 fully saturated rings. The maximum atomic E-state index is 12.4. The molecular weight excluding hydrogens is 318 g/mol. The van der Waals surface area contributed by atoms with Crippen molar-refractivity contribution in [2.24, 2.45) is 5.92 Å². The number of aliphatic carboxylic acids is 1. The number of nitriles is 1. The van der Waals surface area contributed by atoms with E-state index in [1.54, 1.807) is 4.90 Å². The Morgan fingerprint density at radius 2 is 1.96 bits per heavy atom. The van der Waals surface area contributed by atoms with E-state index in [4.69, 9.17) is 10.4 Å². The smallest absolute Gasteiger partial charge is 0.305 e. The number of amides is 1. The maximum Gasteiger partial charge on any atom is 0.305 e. The van der Waals surface area contributed by atoms with Crippen LogP contribution in [-0.4, -0.2) is 41.5 Å². The minimum Gasteiger partial charge on any atom is -0.481 e. The van der Waals surface area contributed by atoms with E-state index in [1.807, 2.05) is 24.3 Å². The van der Waals surface area contributed by atoms with Crippen LogP contribution in [0.1, 0.15) is 24.8 Å². The second-order valence-corrected chi connectivity index (χ2v) is 6.19. The summed E-state index contributed by atoms with van der Waals surface area (Å²) in [7, 11) is 0. The fourth-order valence-corrected chi connectivity index (χ4v) is 2.95. The predicted molar refractivity (Wildman–Crippen MR) is 93.4 cm³/mol. The SMILES string of the molecule is N#C/C(=C/NCCC(=O)O)C(=O)N1CCC(Cc2ccccc2)CC1. The molecule has 1 saturated heterocycles. The topological polar surface area (TPSA) is 93.4 Å². The molecule has 0 radical (unpaired) electrons. The summed E-state index contributed by atoms with van der Waals surface area (Å²) in [5.41, 5.74) is 1.33. The second kappa shape index (κ2) is 9.48. The van der Waals surface area contributed by atoms with Gasteiger partial charge in [-0.15, -0.1) is 0 Å². The largest absolute Gasteiger partial charge is 0.481 e. The molecule has 0 spiro atoms. The molecule has 0 unspecified atom stereocenters. The molecule has 0 saturated carbocycles. The molecule has 25 heavy (non-hydrogen) atoms. The Bertz CT molecular complexity index is 656. The van der Waals surface area contributed by atoms with Crippen LogP contribution in [0, 0.1) is 17.2 Å². The van der Waals surface area contributed by atoms with Crippen molar-refractivity contribution in [2.75, 3.05) is 19.6 Å². The number of likely N-dealkylation sites (tertiary alicyclic amines) is 1. The van der Waals surface area contributed by atoms with Gasteiger partial charge in [-0.1, -0.05) is 30.3 Å². The zero-order valence-corrected chi connectivity index (χ0v) is 14.1. The average molecular weight is 341 g/mol. The molecule has 1 aromatic rings. The van der Waals surface area contributed by atoms with E-state index in [9.17, 15) is 9.59 Å². The highest BCUT2D eigenvalue weighted by Gasteiger charge is 2.25. The van der Waals surface area contributed by atoms with Crippen LogP contribution in [-0.2, 0) is 16.0 Å². The van der Waals surface area contributed by atoms with Gasteiger partial charge in [0.25, 0.3) is 5.91 Å². The zero-order chi connectivity index (χ0) is 18.1. The summed E-state index contributed by atoms with van der Waals surface area (Å²) in [4.78, 5) is 24.6. The molecule has 2 N–H and O–H groups in total. The third kappa shape index (κ3) is 5.96. The quantitative estimate of drug-likeness (QED) is 0.449. The number of rotatable bonds is 7. The highest BCUT2D eigenvalue weighted by Crippen LogP contribution is 2.22. The first-order valence-corrected chi connectivity index (χ1v) is 8.48. The van der Waals surface area contributed by atoms with Gasteiger partial charge in [0.15, 0.2) is 0 Å². The first-order chi connectivity index (χ1) is 12.1. The summed E-state index contributed by atoms with van der Waals surface area (Å²) < 4.78 is 0. The van der Waals surface area contributed by atoms with Gasteiger partial charge in [0.1, 0.15) is 11.6 Å². The van der Waals surface area contributed by atoms with E-state index in [0.717, 1.165) is 19.3 Å². The number of carbonyl (C=O) groups is 2.